The molecule has 1 fully saturated rings. The summed E-state index contributed by atoms with van der Waals surface area (Å²) in [5, 5.41) is 0. The Balaban J connectivity index is 2.55. The maximum absolute atomic E-state index is 12.0. The summed E-state index contributed by atoms with van der Waals surface area (Å²) < 4.78 is 0. The first kappa shape index (κ1) is 12.5. The Morgan fingerprint density at radius 1 is 1.20 bits per heavy atom. The van der Waals surface area contributed by atoms with E-state index in [2.05, 4.69) is 18.7 Å². The quantitative estimate of drug-likeness (QED) is 0.698. The Morgan fingerprint density at radius 2 is 1.93 bits per heavy atom. The summed E-state index contributed by atoms with van der Waals surface area (Å²) >= 11 is 0. The number of likely N-dealkylation sites (tertiary alicyclic amines) is 1. The molecule has 0 N–H and O–H groups in total. The van der Waals surface area contributed by atoms with Gasteiger partial charge >= 0.3 is 0 Å². The molecule has 0 aliphatic carbocycles. The monoisotopic (exact) mass is 211 g/mol. The van der Waals surface area contributed by atoms with E-state index in [0.29, 0.717) is 11.9 Å². The Morgan fingerprint density at radius 3 is 2.60 bits per heavy atom. The highest BCUT2D eigenvalue weighted by Gasteiger charge is 2.21. The van der Waals surface area contributed by atoms with E-state index in [1.807, 2.05) is 0 Å². The molecule has 0 aromatic carbocycles. The van der Waals surface area contributed by atoms with Crippen LogP contribution in [0.25, 0.3) is 0 Å². The van der Waals surface area contributed by atoms with Crippen LogP contribution in [0, 0.1) is 0 Å². The van der Waals surface area contributed by atoms with Gasteiger partial charge in [-0.1, -0.05) is 33.1 Å². The highest BCUT2D eigenvalue weighted by molar-refractivity contribution is 5.76. The van der Waals surface area contributed by atoms with Crippen LogP contribution >= 0.6 is 0 Å². The summed E-state index contributed by atoms with van der Waals surface area (Å²) in [4.78, 5) is 14.1. The second-order valence-electron chi connectivity index (χ2n) is 4.60. The van der Waals surface area contributed by atoms with Crippen LogP contribution < -0.4 is 0 Å². The number of rotatable bonds is 4. The van der Waals surface area contributed by atoms with Crippen LogP contribution in [0.2, 0.25) is 0 Å². The fourth-order valence-electron chi connectivity index (χ4n) is 2.48. The Bertz CT molecular complexity index is 191. The minimum Gasteiger partial charge on any atom is -0.340 e. The number of hydrogen-bond acceptors (Lipinski definition) is 1. The molecule has 0 aromatic rings. The molecule has 2 nitrogen and oxygen atoms in total. The molecule has 0 bridgehead atoms. The fraction of sp³-hybridized carbons (Fsp3) is 0.923. The molecule has 1 aliphatic heterocycles. The van der Waals surface area contributed by atoms with Gasteiger partial charge in [-0.25, -0.2) is 0 Å². The van der Waals surface area contributed by atoms with Crippen LogP contribution in [0.3, 0.4) is 0 Å². The first-order chi connectivity index (χ1) is 7.29. The van der Waals surface area contributed by atoms with Gasteiger partial charge in [0.05, 0.1) is 0 Å². The first-order valence-corrected chi connectivity index (χ1v) is 6.59. The average Bonchev–Trinajstić information content (AvgIpc) is 2.22. The van der Waals surface area contributed by atoms with Crippen molar-refractivity contribution >= 4 is 5.91 Å². The van der Waals surface area contributed by atoms with Crippen molar-refractivity contribution in [1.82, 2.24) is 4.90 Å². The van der Waals surface area contributed by atoms with Gasteiger partial charge in [0.25, 0.3) is 0 Å². The van der Waals surface area contributed by atoms with Crippen LogP contribution in [-0.2, 0) is 4.79 Å². The molecule has 0 saturated carbocycles. The van der Waals surface area contributed by atoms with Gasteiger partial charge in [-0.2, -0.15) is 0 Å². The molecular formula is C13H25NO. The van der Waals surface area contributed by atoms with Crippen molar-refractivity contribution in [3.05, 3.63) is 0 Å². The molecule has 1 unspecified atom stereocenters. The van der Waals surface area contributed by atoms with E-state index >= 15 is 0 Å². The van der Waals surface area contributed by atoms with Crippen LogP contribution in [0.1, 0.15) is 65.2 Å². The summed E-state index contributed by atoms with van der Waals surface area (Å²) in [6.45, 7) is 5.40. The topological polar surface area (TPSA) is 20.3 Å². The Kier molecular flexibility index (Phi) is 5.74. The zero-order valence-corrected chi connectivity index (χ0v) is 10.3. The summed E-state index contributed by atoms with van der Waals surface area (Å²) in [5.74, 6) is 0.398. The second-order valence-corrected chi connectivity index (χ2v) is 4.60. The van der Waals surface area contributed by atoms with E-state index in [-0.39, 0.29) is 0 Å². The fourth-order valence-corrected chi connectivity index (χ4v) is 2.48. The Hall–Kier alpha value is -0.530. The normalized spacial score (nSPS) is 20.9. The molecular weight excluding hydrogens is 186 g/mol. The largest absolute Gasteiger partial charge is 0.340 e. The zero-order valence-electron chi connectivity index (χ0n) is 10.3. The molecule has 1 atom stereocenters. The lowest BCUT2D eigenvalue weighted by molar-refractivity contribution is -0.134. The molecule has 1 amide bonds. The third-order valence-electron chi connectivity index (χ3n) is 3.39. The third-order valence-corrected chi connectivity index (χ3v) is 3.39. The highest BCUT2D eigenvalue weighted by atomic mass is 16.2. The molecule has 0 spiro atoms. The van der Waals surface area contributed by atoms with Gasteiger partial charge in [0, 0.05) is 19.0 Å². The average molecular weight is 211 g/mol. The lowest BCUT2D eigenvalue weighted by Gasteiger charge is -2.32. The van der Waals surface area contributed by atoms with Gasteiger partial charge in [-0.3, -0.25) is 4.79 Å². The van der Waals surface area contributed by atoms with Gasteiger partial charge in [-0.15, -0.1) is 0 Å². The summed E-state index contributed by atoms with van der Waals surface area (Å²) in [7, 11) is 0. The maximum Gasteiger partial charge on any atom is 0.222 e. The minimum absolute atomic E-state index is 0.398. The van der Waals surface area contributed by atoms with Gasteiger partial charge < -0.3 is 4.90 Å². The first-order valence-electron chi connectivity index (χ1n) is 6.59. The summed E-state index contributed by atoms with van der Waals surface area (Å²) in [6.07, 6.45) is 9.07. The lowest BCUT2D eigenvalue weighted by Crippen LogP contribution is -2.41. The SMILES string of the molecule is CCCC(CC)N1CCCCCCC1=O. The van der Waals surface area contributed by atoms with Crippen molar-refractivity contribution in [2.24, 2.45) is 0 Å². The van der Waals surface area contributed by atoms with Crippen LogP contribution in [-0.4, -0.2) is 23.4 Å². The van der Waals surface area contributed by atoms with Crippen molar-refractivity contribution < 1.29 is 4.79 Å². The van der Waals surface area contributed by atoms with E-state index in [0.717, 1.165) is 25.8 Å². The summed E-state index contributed by atoms with van der Waals surface area (Å²) in [6, 6.07) is 0.501. The molecule has 0 radical (unpaired) electrons. The molecule has 15 heavy (non-hydrogen) atoms. The van der Waals surface area contributed by atoms with E-state index in [1.54, 1.807) is 0 Å². The van der Waals surface area contributed by atoms with Crippen LogP contribution in [0.4, 0.5) is 0 Å². The maximum atomic E-state index is 12.0. The number of nitrogens with zero attached hydrogens (tertiary/aromatic N) is 1. The van der Waals surface area contributed by atoms with E-state index < -0.39 is 0 Å². The standard InChI is InChI=1S/C13H25NO/c1-3-9-12(4-2)14-11-8-6-5-7-10-13(14)15/h12H,3-11H2,1-2H3. The molecule has 1 saturated heterocycles. The minimum atomic E-state index is 0.398. The Labute approximate surface area is 94.0 Å². The number of carbonyl (C=O) groups excluding carboxylic acids is 1. The lowest BCUT2D eigenvalue weighted by atomic mass is 10.0. The van der Waals surface area contributed by atoms with Gasteiger partial charge in [-0.05, 0) is 25.7 Å². The van der Waals surface area contributed by atoms with Crippen molar-refractivity contribution in [3.8, 4) is 0 Å². The van der Waals surface area contributed by atoms with Crippen LogP contribution in [0.5, 0.6) is 0 Å². The van der Waals surface area contributed by atoms with Crippen molar-refractivity contribution in [3.63, 3.8) is 0 Å². The molecule has 1 heterocycles. The van der Waals surface area contributed by atoms with Gasteiger partial charge in [0.1, 0.15) is 0 Å². The van der Waals surface area contributed by atoms with Crippen LogP contribution in [0.15, 0.2) is 0 Å². The van der Waals surface area contributed by atoms with Crippen molar-refractivity contribution in [2.75, 3.05) is 6.54 Å². The molecule has 1 aliphatic rings. The zero-order chi connectivity index (χ0) is 11.1. The predicted octanol–water partition coefficient (Wildman–Crippen LogP) is 3.36. The van der Waals surface area contributed by atoms with Crippen molar-refractivity contribution in [2.45, 2.75) is 71.3 Å². The molecule has 88 valence electrons. The second kappa shape index (κ2) is 6.86. The van der Waals surface area contributed by atoms with E-state index in [4.69, 9.17) is 0 Å². The smallest absolute Gasteiger partial charge is 0.222 e. The van der Waals surface area contributed by atoms with E-state index in [9.17, 15) is 4.79 Å². The predicted molar refractivity (Wildman–Crippen MR) is 63.8 cm³/mol. The van der Waals surface area contributed by atoms with Gasteiger partial charge in [0.2, 0.25) is 5.91 Å². The molecule has 0 aromatic heterocycles. The highest BCUT2D eigenvalue weighted by Crippen LogP contribution is 2.18. The number of carbonyl (C=O) groups is 1. The van der Waals surface area contributed by atoms with Gasteiger partial charge in [0.15, 0.2) is 0 Å². The number of amides is 1. The summed E-state index contributed by atoms with van der Waals surface area (Å²) in [5.41, 5.74) is 0. The molecule has 1 rings (SSSR count). The number of hydrogen-bond donors (Lipinski definition) is 0. The molecule has 2 heteroatoms. The van der Waals surface area contributed by atoms with E-state index in [1.165, 1.54) is 32.1 Å². The third kappa shape index (κ3) is 3.84. The van der Waals surface area contributed by atoms with Crippen molar-refractivity contribution in [1.29, 1.82) is 0 Å².